The van der Waals surface area contributed by atoms with Crippen LogP contribution >= 0.6 is 7.82 Å². The van der Waals surface area contributed by atoms with E-state index in [0.717, 1.165) is 44.9 Å². The average Bonchev–Trinajstić information content (AvgIpc) is 3.07. The molecule has 0 aliphatic rings. The second-order valence-electron chi connectivity index (χ2n) is 15.4. The first-order valence-electron chi connectivity index (χ1n) is 20.9. The van der Waals surface area contributed by atoms with Crippen molar-refractivity contribution in [1.29, 1.82) is 0 Å². The Hall–Kier alpha value is -1.28. The summed E-state index contributed by atoms with van der Waals surface area (Å²) in [6.45, 7) is 4.76. The molecular weight excluding hydrogens is 659 g/mol. The topological polar surface area (TPSA) is 105 Å². The maximum absolute atomic E-state index is 12.8. The third kappa shape index (κ3) is 36.9. The van der Waals surface area contributed by atoms with Gasteiger partial charge >= 0.3 is 7.82 Å². The Morgan fingerprint density at radius 2 is 1.08 bits per heavy atom. The molecule has 0 saturated carbocycles. The standard InChI is InChI=1S/C42H81N2O6P/c1-6-8-10-12-14-16-18-20-21-22-23-24-25-27-29-31-33-35-41(45)40(39-50-51(47,48)49-38-37-44(3,4)5)43-42(46)36-34-32-30-28-26-19-17-15-13-11-9-7-2/h21-22,25,27,33,35,40-41,45H,6-20,23-24,26,28-32,34,36-39H2,1-5H3,(H-,43,46,47,48)/p+1/b22-21+,27-25+,35-33+. The minimum Gasteiger partial charge on any atom is -0.387 e. The monoisotopic (exact) mass is 742 g/mol. The summed E-state index contributed by atoms with van der Waals surface area (Å²) in [6.07, 6.45) is 40.7. The highest BCUT2D eigenvalue weighted by Crippen LogP contribution is 2.43. The van der Waals surface area contributed by atoms with E-state index in [0.29, 0.717) is 17.4 Å². The zero-order valence-corrected chi connectivity index (χ0v) is 34.7. The van der Waals surface area contributed by atoms with Gasteiger partial charge in [0.25, 0.3) is 0 Å². The Morgan fingerprint density at radius 1 is 0.647 bits per heavy atom. The molecule has 0 aromatic rings. The number of nitrogens with one attached hydrogen (secondary N) is 1. The largest absolute Gasteiger partial charge is 0.472 e. The predicted molar refractivity (Wildman–Crippen MR) is 217 cm³/mol. The molecule has 0 bridgehead atoms. The number of aliphatic hydroxyl groups excluding tert-OH is 1. The van der Waals surface area contributed by atoms with Crippen molar-refractivity contribution in [3.8, 4) is 0 Å². The fourth-order valence-electron chi connectivity index (χ4n) is 5.72. The van der Waals surface area contributed by atoms with Crippen molar-refractivity contribution in [2.24, 2.45) is 0 Å². The summed E-state index contributed by atoms with van der Waals surface area (Å²) < 4.78 is 23.5. The molecule has 0 fully saturated rings. The number of hydrogen-bond acceptors (Lipinski definition) is 5. The maximum atomic E-state index is 12.8. The molecule has 0 rings (SSSR count). The number of phosphoric acid groups is 1. The van der Waals surface area contributed by atoms with Crippen LogP contribution in [0.5, 0.6) is 0 Å². The van der Waals surface area contributed by atoms with Gasteiger partial charge in [-0.25, -0.2) is 4.57 Å². The van der Waals surface area contributed by atoms with Crippen LogP contribution in [-0.2, 0) is 18.4 Å². The summed E-state index contributed by atoms with van der Waals surface area (Å²) in [5.74, 6) is -0.193. The summed E-state index contributed by atoms with van der Waals surface area (Å²) >= 11 is 0. The first kappa shape index (κ1) is 49.7. The van der Waals surface area contributed by atoms with E-state index in [-0.39, 0.29) is 19.1 Å². The number of phosphoric ester groups is 1. The van der Waals surface area contributed by atoms with Crippen molar-refractivity contribution in [3.63, 3.8) is 0 Å². The van der Waals surface area contributed by atoms with Gasteiger partial charge < -0.3 is 19.8 Å². The van der Waals surface area contributed by atoms with Gasteiger partial charge in [0.15, 0.2) is 0 Å². The van der Waals surface area contributed by atoms with Crippen molar-refractivity contribution in [2.45, 2.75) is 187 Å². The molecule has 0 aromatic heterocycles. The van der Waals surface area contributed by atoms with Crippen molar-refractivity contribution in [2.75, 3.05) is 40.9 Å². The van der Waals surface area contributed by atoms with Crippen LogP contribution in [0.3, 0.4) is 0 Å². The lowest BCUT2D eigenvalue weighted by Gasteiger charge is -2.25. The Kier molecular flexibility index (Phi) is 33.6. The van der Waals surface area contributed by atoms with Crippen LogP contribution in [0.2, 0.25) is 0 Å². The van der Waals surface area contributed by atoms with Crippen LogP contribution < -0.4 is 5.32 Å². The van der Waals surface area contributed by atoms with Crippen molar-refractivity contribution < 1.29 is 32.9 Å². The molecule has 0 saturated heterocycles. The highest BCUT2D eigenvalue weighted by atomic mass is 31.2. The van der Waals surface area contributed by atoms with E-state index < -0.39 is 20.0 Å². The summed E-state index contributed by atoms with van der Waals surface area (Å²) in [6, 6.07) is -0.864. The van der Waals surface area contributed by atoms with E-state index in [9.17, 15) is 19.4 Å². The van der Waals surface area contributed by atoms with Gasteiger partial charge in [-0.1, -0.05) is 159 Å². The van der Waals surface area contributed by atoms with E-state index in [1.807, 2.05) is 27.2 Å². The highest BCUT2D eigenvalue weighted by molar-refractivity contribution is 7.47. The van der Waals surface area contributed by atoms with E-state index in [1.54, 1.807) is 6.08 Å². The quantitative estimate of drug-likeness (QED) is 0.0253. The number of likely N-dealkylation sites (N-methyl/N-ethyl adjacent to an activating group) is 1. The molecule has 0 heterocycles. The Bertz CT molecular complexity index is 933. The van der Waals surface area contributed by atoms with Crippen LogP contribution in [0.4, 0.5) is 0 Å². The molecule has 300 valence electrons. The van der Waals surface area contributed by atoms with Gasteiger partial charge in [0.1, 0.15) is 13.2 Å². The van der Waals surface area contributed by atoms with Crippen molar-refractivity contribution >= 4 is 13.7 Å². The molecular formula is C42H82N2O6P+. The molecule has 8 nitrogen and oxygen atoms in total. The number of carbonyl (C=O) groups excluding carboxylic acids is 1. The number of allylic oxidation sites excluding steroid dienone is 5. The Labute approximate surface area is 315 Å². The molecule has 51 heavy (non-hydrogen) atoms. The van der Waals surface area contributed by atoms with Gasteiger partial charge in [-0.2, -0.15) is 0 Å². The highest BCUT2D eigenvalue weighted by Gasteiger charge is 2.27. The third-order valence-corrected chi connectivity index (χ3v) is 10.1. The number of quaternary nitrogens is 1. The van der Waals surface area contributed by atoms with Gasteiger partial charge in [0.2, 0.25) is 5.91 Å². The lowest BCUT2D eigenvalue weighted by Crippen LogP contribution is -2.45. The lowest BCUT2D eigenvalue weighted by molar-refractivity contribution is -0.870. The Balaban J connectivity index is 4.56. The summed E-state index contributed by atoms with van der Waals surface area (Å²) in [5.41, 5.74) is 0. The minimum atomic E-state index is -4.34. The average molecular weight is 742 g/mol. The molecule has 3 atom stereocenters. The molecule has 1 amide bonds. The zero-order chi connectivity index (χ0) is 37.9. The van der Waals surface area contributed by atoms with E-state index in [2.05, 4.69) is 43.5 Å². The van der Waals surface area contributed by atoms with E-state index in [1.165, 1.54) is 109 Å². The number of amides is 1. The number of hydrogen-bond donors (Lipinski definition) is 3. The first-order chi connectivity index (χ1) is 24.5. The molecule has 0 aromatic carbocycles. The van der Waals surface area contributed by atoms with Crippen LogP contribution in [0.1, 0.15) is 174 Å². The molecule has 0 aliphatic heterocycles. The third-order valence-electron chi connectivity index (χ3n) is 9.09. The number of carbonyl (C=O) groups is 1. The van der Waals surface area contributed by atoms with Gasteiger partial charge in [-0.15, -0.1) is 0 Å². The second kappa shape index (κ2) is 34.5. The molecule has 0 spiro atoms. The van der Waals surface area contributed by atoms with Crippen LogP contribution in [-0.4, -0.2) is 73.4 Å². The molecule has 0 radical (unpaired) electrons. The zero-order valence-electron chi connectivity index (χ0n) is 33.8. The number of aliphatic hydroxyl groups is 1. The summed E-state index contributed by atoms with van der Waals surface area (Å²) in [5, 5.41) is 13.8. The van der Waals surface area contributed by atoms with Crippen molar-refractivity contribution in [1.82, 2.24) is 5.32 Å². The van der Waals surface area contributed by atoms with Gasteiger partial charge in [0, 0.05) is 6.42 Å². The van der Waals surface area contributed by atoms with Crippen LogP contribution in [0.25, 0.3) is 0 Å². The number of unbranched alkanes of at least 4 members (excludes halogenated alkanes) is 20. The van der Waals surface area contributed by atoms with E-state index >= 15 is 0 Å². The smallest absolute Gasteiger partial charge is 0.387 e. The molecule has 0 aliphatic carbocycles. The van der Waals surface area contributed by atoms with Gasteiger partial charge in [-0.3, -0.25) is 13.8 Å². The number of rotatable bonds is 37. The molecule has 3 unspecified atom stereocenters. The van der Waals surface area contributed by atoms with Gasteiger partial charge in [0.05, 0.1) is 39.9 Å². The fourth-order valence-corrected chi connectivity index (χ4v) is 6.45. The molecule has 9 heteroatoms. The van der Waals surface area contributed by atoms with Crippen LogP contribution in [0, 0.1) is 0 Å². The van der Waals surface area contributed by atoms with Crippen molar-refractivity contribution in [3.05, 3.63) is 36.5 Å². The van der Waals surface area contributed by atoms with Crippen LogP contribution in [0.15, 0.2) is 36.5 Å². The summed E-state index contributed by atoms with van der Waals surface area (Å²) in [7, 11) is 1.55. The predicted octanol–water partition coefficient (Wildman–Crippen LogP) is 11.1. The normalized spacial score (nSPS) is 14.9. The second-order valence-corrected chi connectivity index (χ2v) is 16.8. The maximum Gasteiger partial charge on any atom is 0.472 e. The fraction of sp³-hybridized carbons (Fsp3) is 0.833. The summed E-state index contributed by atoms with van der Waals surface area (Å²) in [4.78, 5) is 23.0. The SMILES string of the molecule is CCCCCCCCC/C=C/CC/C=C/CC/C=C/C(O)C(COP(=O)(O)OCC[N+](C)(C)C)NC(=O)CCCCCCCCCCCCCC. The molecule has 3 N–H and O–H groups in total. The number of nitrogens with zero attached hydrogens (tertiary/aromatic N) is 1. The minimum absolute atomic E-state index is 0.0543. The van der Waals surface area contributed by atoms with E-state index in [4.69, 9.17) is 9.05 Å². The Morgan fingerprint density at radius 3 is 1.57 bits per heavy atom. The first-order valence-corrected chi connectivity index (χ1v) is 22.4. The van der Waals surface area contributed by atoms with Gasteiger partial charge in [-0.05, 0) is 44.9 Å². The lowest BCUT2D eigenvalue weighted by atomic mass is 10.0.